The van der Waals surface area contributed by atoms with Gasteiger partial charge in [0.05, 0.1) is 7.11 Å². The van der Waals surface area contributed by atoms with Crippen molar-refractivity contribution in [3.63, 3.8) is 0 Å². The molecule has 2 aromatic rings. The molecule has 0 radical (unpaired) electrons. The molecule has 122 valence electrons. The van der Waals surface area contributed by atoms with Crippen LogP contribution in [0.5, 0.6) is 11.5 Å². The molecule has 0 bridgehead atoms. The van der Waals surface area contributed by atoms with Crippen molar-refractivity contribution >= 4 is 29.2 Å². The van der Waals surface area contributed by atoms with Gasteiger partial charge in [-0.15, -0.1) is 0 Å². The Morgan fingerprint density at radius 1 is 1.13 bits per heavy atom. The fourth-order valence-electron chi connectivity index (χ4n) is 2.05. The first-order valence-corrected chi connectivity index (χ1v) is 7.69. The highest BCUT2D eigenvalue weighted by atomic mass is 35.5. The molecule has 0 heterocycles. The SMILES string of the molecule is COc1cc(CCC(=O)[O-])ccc1OCc1c(Cl)cccc1Cl. The van der Waals surface area contributed by atoms with Gasteiger partial charge in [-0.05, 0) is 42.7 Å². The Bertz CT molecular complexity index is 681. The number of hydrogen-bond donors (Lipinski definition) is 0. The predicted octanol–water partition coefficient (Wildman–Crippen LogP) is 3.26. The summed E-state index contributed by atoms with van der Waals surface area (Å²) in [4.78, 5) is 10.5. The van der Waals surface area contributed by atoms with Gasteiger partial charge in [-0.2, -0.15) is 0 Å². The number of carboxylic acid groups (broad SMARTS) is 1. The molecular weight excluding hydrogens is 339 g/mol. The summed E-state index contributed by atoms with van der Waals surface area (Å²) in [6.07, 6.45) is 0.327. The number of methoxy groups -OCH3 is 1. The van der Waals surface area contributed by atoms with E-state index in [1.807, 2.05) is 0 Å². The molecule has 0 aliphatic heterocycles. The van der Waals surface area contributed by atoms with Crippen LogP contribution in [0.15, 0.2) is 36.4 Å². The summed E-state index contributed by atoms with van der Waals surface area (Å²) in [7, 11) is 1.52. The van der Waals surface area contributed by atoms with Crippen molar-refractivity contribution in [1.82, 2.24) is 0 Å². The maximum atomic E-state index is 10.5. The molecule has 0 N–H and O–H groups in total. The predicted molar refractivity (Wildman–Crippen MR) is 87.1 cm³/mol. The molecule has 0 saturated carbocycles. The van der Waals surface area contributed by atoms with E-state index >= 15 is 0 Å². The van der Waals surface area contributed by atoms with Crippen LogP contribution in [0.2, 0.25) is 10.0 Å². The number of benzene rings is 2. The Morgan fingerprint density at radius 2 is 1.83 bits per heavy atom. The van der Waals surface area contributed by atoms with E-state index in [0.717, 1.165) is 5.56 Å². The fourth-order valence-corrected chi connectivity index (χ4v) is 2.56. The van der Waals surface area contributed by atoms with Crippen LogP contribution in [0.1, 0.15) is 17.5 Å². The van der Waals surface area contributed by atoms with Gasteiger partial charge in [-0.3, -0.25) is 0 Å². The van der Waals surface area contributed by atoms with Gasteiger partial charge < -0.3 is 19.4 Å². The summed E-state index contributed by atoms with van der Waals surface area (Å²) in [5, 5.41) is 11.6. The van der Waals surface area contributed by atoms with Crippen LogP contribution in [-0.2, 0) is 17.8 Å². The van der Waals surface area contributed by atoms with Gasteiger partial charge in [0, 0.05) is 21.6 Å². The first-order valence-electron chi connectivity index (χ1n) is 6.93. The van der Waals surface area contributed by atoms with Gasteiger partial charge in [0.2, 0.25) is 0 Å². The van der Waals surface area contributed by atoms with Crippen LogP contribution in [0.4, 0.5) is 0 Å². The first kappa shape index (κ1) is 17.4. The standard InChI is InChI=1S/C17H16Cl2O4/c1-22-16-9-11(6-8-17(20)21)5-7-15(16)23-10-12-13(18)3-2-4-14(12)19/h2-5,7,9H,6,8,10H2,1H3,(H,20,21)/p-1. The van der Waals surface area contributed by atoms with Crippen LogP contribution < -0.4 is 14.6 Å². The summed E-state index contributed by atoms with van der Waals surface area (Å²) in [6, 6.07) is 10.5. The summed E-state index contributed by atoms with van der Waals surface area (Å²) < 4.78 is 11.0. The van der Waals surface area contributed by atoms with Gasteiger partial charge in [-0.25, -0.2) is 0 Å². The largest absolute Gasteiger partial charge is 0.550 e. The third-order valence-corrected chi connectivity index (χ3v) is 3.99. The molecule has 0 atom stereocenters. The zero-order chi connectivity index (χ0) is 16.8. The quantitative estimate of drug-likeness (QED) is 0.766. The van der Waals surface area contributed by atoms with Crippen molar-refractivity contribution in [2.45, 2.75) is 19.4 Å². The van der Waals surface area contributed by atoms with Gasteiger partial charge in [0.15, 0.2) is 11.5 Å². The van der Waals surface area contributed by atoms with Crippen molar-refractivity contribution in [2.75, 3.05) is 7.11 Å². The van der Waals surface area contributed by atoms with E-state index in [2.05, 4.69) is 0 Å². The smallest absolute Gasteiger partial charge is 0.161 e. The molecule has 4 nitrogen and oxygen atoms in total. The Morgan fingerprint density at radius 3 is 2.43 bits per heavy atom. The molecule has 2 rings (SSSR count). The molecule has 2 aromatic carbocycles. The first-order chi connectivity index (χ1) is 11.0. The Hall–Kier alpha value is -1.91. The second kappa shape index (κ2) is 8.09. The lowest BCUT2D eigenvalue weighted by molar-refractivity contribution is -0.305. The third-order valence-electron chi connectivity index (χ3n) is 3.28. The number of hydrogen-bond acceptors (Lipinski definition) is 4. The number of rotatable bonds is 7. The lowest BCUT2D eigenvalue weighted by Gasteiger charge is -2.14. The highest BCUT2D eigenvalue weighted by Crippen LogP contribution is 2.31. The van der Waals surface area contributed by atoms with Crippen LogP contribution >= 0.6 is 23.2 Å². The molecule has 0 saturated heterocycles. The highest BCUT2D eigenvalue weighted by Gasteiger charge is 2.10. The summed E-state index contributed by atoms with van der Waals surface area (Å²) in [5.41, 5.74) is 1.52. The number of aryl methyl sites for hydroxylation is 1. The number of ether oxygens (including phenoxy) is 2. The Labute approximate surface area is 144 Å². The van der Waals surface area contributed by atoms with Crippen molar-refractivity contribution in [2.24, 2.45) is 0 Å². The van der Waals surface area contributed by atoms with Crippen LogP contribution in [0, 0.1) is 0 Å². The molecule has 0 aliphatic carbocycles. The molecule has 6 heteroatoms. The van der Waals surface area contributed by atoms with E-state index in [0.29, 0.717) is 33.5 Å². The van der Waals surface area contributed by atoms with Crippen molar-refractivity contribution in [3.05, 3.63) is 57.6 Å². The third kappa shape index (κ3) is 4.78. The van der Waals surface area contributed by atoms with E-state index in [1.54, 1.807) is 36.4 Å². The van der Waals surface area contributed by atoms with Crippen LogP contribution in [0.3, 0.4) is 0 Å². The topological polar surface area (TPSA) is 58.6 Å². The number of aliphatic carboxylic acids is 1. The second-order valence-corrected chi connectivity index (χ2v) is 5.66. The molecule has 0 amide bonds. The van der Waals surface area contributed by atoms with Gasteiger partial charge in [0.1, 0.15) is 6.61 Å². The monoisotopic (exact) mass is 353 g/mol. The minimum absolute atomic E-state index is 0.0431. The van der Waals surface area contributed by atoms with Crippen molar-refractivity contribution in [1.29, 1.82) is 0 Å². The number of carbonyl (C=O) groups excluding carboxylic acids is 1. The zero-order valence-corrected chi connectivity index (χ0v) is 14.0. The minimum Gasteiger partial charge on any atom is -0.550 e. The van der Waals surface area contributed by atoms with Crippen LogP contribution in [0.25, 0.3) is 0 Å². The lowest BCUT2D eigenvalue weighted by atomic mass is 10.1. The molecule has 23 heavy (non-hydrogen) atoms. The average molecular weight is 354 g/mol. The Balaban J connectivity index is 2.12. The molecule has 0 fully saturated rings. The normalized spacial score (nSPS) is 10.4. The molecule has 0 aromatic heterocycles. The highest BCUT2D eigenvalue weighted by molar-refractivity contribution is 6.35. The van der Waals surface area contributed by atoms with E-state index in [4.69, 9.17) is 32.7 Å². The van der Waals surface area contributed by atoms with E-state index < -0.39 is 5.97 Å². The summed E-state index contributed by atoms with van der Waals surface area (Å²) in [5.74, 6) is -0.0395. The maximum Gasteiger partial charge on any atom is 0.161 e. The number of carboxylic acids is 1. The average Bonchev–Trinajstić information content (AvgIpc) is 2.53. The second-order valence-electron chi connectivity index (χ2n) is 4.85. The van der Waals surface area contributed by atoms with E-state index in [9.17, 15) is 9.90 Å². The molecule has 0 unspecified atom stereocenters. The maximum absolute atomic E-state index is 10.5. The number of carbonyl (C=O) groups is 1. The van der Waals surface area contributed by atoms with E-state index in [1.165, 1.54) is 7.11 Å². The Kier molecular flexibility index (Phi) is 6.13. The summed E-state index contributed by atoms with van der Waals surface area (Å²) >= 11 is 12.2. The van der Waals surface area contributed by atoms with Gasteiger partial charge in [0.25, 0.3) is 0 Å². The van der Waals surface area contributed by atoms with Crippen molar-refractivity contribution in [3.8, 4) is 11.5 Å². The fraction of sp³-hybridized carbons (Fsp3) is 0.235. The van der Waals surface area contributed by atoms with Crippen molar-refractivity contribution < 1.29 is 19.4 Å². The zero-order valence-electron chi connectivity index (χ0n) is 12.5. The van der Waals surface area contributed by atoms with Gasteiger partial charge >= 0.3 is 0 Å². The molecule has 0 aliphatic rings. The molecular formula is C17H15Cl2O4-. The lowest BCUT2D eigenvalue weighted by Crippen LogP contribution is -2.22. The summed E-state index contributed by atoms with van der Waals surface area (Å²) in [6.45, 7) is 0.202. The van der Waals surface area contributed by atoms with Crippen LogP contribution in [-0.4, -0.2) is 13.1 Å². The van der Waals surface area contributed by atoms with Gasteiger partial charge in [-0.1, -0.05) is 35.3 Å². The molecule has 0 spiro atoms. The van der Waals surface area contributed by atoms with E-state index in [-0.39, 0.29) is 13.0 Å². The minimum atomic E-state index is -1.09. The number of halogens is 2.